The summed E-state index contributed by atoms with van der Waals surface area (Å²) in [6.07, 6.45) is 1.39. The van der Waals surface area contributed by atoms with Crippen LogP contribution in [0.15, 0.2) is 33.4 Å². The van der Waals surface area contributed by atoms with Crippen molar-refractivity contribution in [3.05, 3.63) is 57.7 Å². The Morgan fingerprint density at radius 1 is 1.22 bits per heavy atom. The molecule has 1 aromatic carbocycles. The van der Waals surface area contributed by atoms with Crippen molar-refractivity contribution >= 4 is 15.9 Å². The van der Waals surface area contributed by atoms with Crippen LogP contribution in [0.1, 0.15) is 17.4 Å². The molecule has 0 saturated heterocycles. The van der Waals surface area contributed by atoms with E-state index in [2.05, 4.69) is 21.4 Å². The molecule has 2 rings (SSSR count). The molecule has 96 valence electrons. The maximum absolute atomic E-state index is 13.2. The lowest BCUT2D eigenvalue weighted by Gasteiger charge is -2.15. The molecule has 0 amide bonds. The van der Waals surface area contributed by atoms with E-state index in [0.29, 0.717) is 10.2 Å². The first-order valence-electron chi connectivity index (χ1n) is 4.88. The lowest BCUT2D eigenvalue weighted by Crippen LogP contribution is -2.29. The van der Waals surface area contributed by atoms with Gasteiger partial charge in [-0.25, -0.2) is 18.6 Å². The molecule has 0 bridgehead atoms. The van der Waals surface area contributed by atoms with Crippen LogP contribution in [0.3, 0.4) is 0 Å². The average Bonchev–Trinajstić information content (AvgIpc) is 2.74. The third kappa shape index (κ3) is 2.29. The second-order valence-corrected chi connectivity index (χ2v) is 4.39. The van der Waals surface area contributed by atoms with E-state index in [9.17, 15) is 13.2 Å². The summed E-state index contributed by atoms with van der Waals surface area (Å²) in [6.45, 7) is 0. The van der Waals surface area contributed by atoms with Crippen molar-refractivity contribution in [1.82, 2.24) is 5.43 Å². The van der Waals surface area contributed by atoms with E-state index >= 15 is 0 Å². The van der Waals surface area contributed by atoms with Gasteiger partial charge < -0.3 is 4.42 Å². The zero-order valence-corrected chi connectivity index (χ0v) is 10.5. The van der Waals surface area contributed by atoms with Gasteiger partial charge in [0.2, 0.25) is 0 Å². The minimum Gasteiger partial charge on any atom is -0.466 e. The molecule has 7 heteroatoms. The molecule has 1 unspecified atom stereocenters. The lowest BCUT2D eigenvalue weighted by atomic mass is 10.0. The van der Waals surface area contributed by atoms with Gasteiger partial charge in [0, 0.05) is 0 Å². The quantitative estimate of drug-likeness (QED) is 0.519. The number of rotatable bonds is 3. The third-order valence-electron chi connectivity index (χ3n) is 2.41. The number of hydrogen-bond acceptors (Lipinski definition) is 3. The molecular formula is C11H8BrF3N2O. The molecule has 0 aliphatic heterocycles. The Morgan fingerprint density at radius 2 is 1.83 bits per heavy atom. The SMILES string of the molecule is NNC(c1cc(F)c(F)c(F)c1)c1occc1Br. The van der Waals surface area contributed by atoms with Gasteiger partial charge in [-0.3, -0.25) is 5.84 Å². The highest BCUT2D eigenvalue weighted by molar-refractivity contribution is 9.10. The number of nitrogens with two attached hydrogens (primary N) is 1. The van der Waals surface area contributed by atoms with Crippen LogP contribution in [0.4, 0.5) is 13.2 Å². The summed E-state index contributed by atoms with van der Waals surface area (Å²) in [5.41, 5.74) is 2.47. The minimum absolute atomic E-state index is 0.115. The molecule has 1 aromatic heterocycles. The zero-order valence-electron chi connectivity index (χ0n) is 8.88. The van der Waals surface area contributed by atoms with Crippen LogP contribution >= 0.6 is 15.9 Å². The monoisotopic (exact) mass is 320 g/mol. The second-order valence-electron chi connectivity index (χ2n) is 3.53. The fourth-order valence-corrected chi connectivity index (χ4v) is 2.01. The molecule has 0 spiro atoms. The molecular weight excluding hydrogens is 313 g/mol. The van der Waals surface area contributed by atoms with E-state index in [4.69, 9.17) is 10.3 Å². The van der Waals surface area contributed by atoms with Crippen molar-refractivity contribution in [3.8, 4) is 0 Å². The molecule has 0 aliphatic rings. The predicted molar refractivity (Wildman–Crippen MR) is 61.9 cm³/mol. The molecule has 1 heterocycles. The average molecular weight is 321 g/mol. The standard InChI is InChI=1S/C11H8BrF3N2O/c12-6-1-2-18-11(6)10(17-16)5-3-7(13)9(15)8(14)4-5/h1-4,10,17H,16H2. The van der Waals surface area contributed by atoms with Crippen LogP contribution in [-0.4, -0.2) is 0 Å². The molecule has 3 nitrogen and oxygen atoms in total. The van der Waals surface area contributed by atoms with E-state index in [0.717, 1.165) is 12.1 Å². The first kappa shape index (κ1) is 13.1. The van der Waals surface area contributed by atoms with E-state index in [1.165, 1.54) is 6.26 Å². The topological polar surface area (TPSA) is 51.2 Å². The van der Waals surface area contributed by atoms with Crippen LogP contribution in [0.2, 0.25) is 0 Å². The highest BCUT2D eigenvalue weighted by atomic mass is 79.9. The summed E-state index contributed by atoms with van der Waals surface area (Å²) < 4.78 is 44.9. The van der Waals surface area contributed by atoms with Gasteiger partial charge in [-0.05, 0) is 39.7 Å². The van der Waals surface area contributed by atoms with Crippen molar-refractivity contribution in [1.29, 1.82) is 0 Å². The van der Waals surface area contributed by atoms with Gasteiger partial charge in [-0.2, -0.15) is 0 Å². The number of nitrogens with one attached hydrogen (secondary N) is 1. The molecule has 1 atom stereocenters. The summed E-state index contributed by atoms with van der Waals surface area (Å²) >= 11 is 3.21. The molecule has 0 aliphatic carbocycles. The fourth-order valence-electron chi connectivity index (χ4n) is 1.58. The number of hydrogen-bond donors (Lipinski definition) is 2. The molecule has 0 radical (unpaired) electrons. The van der Waals surface area contributed by atoms with Crippen molar-refractivity contribution in [2.24, 2.45) is 5.84 Å². The smallest absolute Gasteiger partial charge is 0.194 e. The van der Waals surface area contributed by atoms with E-state index in [1.807, 2.05) is 0 Å². The Labute approximate surface area is 109 Å². The lowest BCUT2D eigenvalue weighted by molar-refractivity contribution is 0.428. The Hall–Kier alpha value is -1.31. The largest absolute Gasteiger partial charge is 0.466 e. The number of hydrazine groups is 1. The Morgan fingerprint density at radius 3 is 2.28 bits per heavy atom. The highest BCUT2D eigenvalue weighted by Gasteiger charge is 2.22. The van der Waals surface area contributed by atoms with Crippen molar-refractivity contribution < 1.29 is 17.6 Å². The van der Waals surface area contributed by atoms with Gasteiger partial charge in [0.25, 0.3) is 0 Å². The summed E-state index contributed by atoms with van der Waals surface area (Å²) in [5, 5.41) is 0. The van der Waals surface area contributed by atoms with Crippen molar-refractivity contribution in [2.45, 2.75) is 6.04 Å². The summed E-state index contributed by atoms with van der Waals surface area (Å²) in [5.74, 6) is 1.58. The molecule has 3 N–H and O–H groups in total. The molecule has 0 fully saturated rings. The van der Waals surface area contributed by atoms with Gasteiger partial charge in [-0.1, -0.05) is 0 Å². The molecule has 0 saturated carbocycles. The first-order valence-corrected chi connectivity index (χ1v) is 5.67. The third-order valence-corrected chi connectivity index (χ3v) is 3.07. The van der Waals surface area contributed by atoms with Crippen LogP contribution in [0.5, 0.6) is 0 Å². The van der Waals surface area contributed by atoms with E-state index in [-0.39, 0.29) is 5.56 Å². The maximum atomic E-state index is 13.2. The van der Waals surface area contributed by atoms with Crippen LogP contribution in [0, 0.1) is 17.5 Å². The number of furan rings is 1. The van der Waals surface area contributed by atoms with Gasteiger partial charge in [-0.15, -0.1) is 0 Å². The zero-order chi connectivity index (χ0) is 13.3. The van der Waals surface area contributed by atoms with E-state index < -0.39 is 23.5 Å². The van der Waals surface area contributed by atoms with Crippen LogP contribution < -0.4 is 11.3 Å². The Kier molecular flexibility index (Phi) is 3.74. The summed E-state index contributed by atoms with van der Waals surface area (Å²) in [7, 11) is 0. The van der Waals surface area contributed by atoms with Crippen molar-refractivity contribution in [2.75, 3.05) is 0 Å². The fraction of sp³-hybridized carbons (Fsp3) is 0.0909. The van der Waals surface area contributed by atoms with E-state index in [1.54, 1.807) is 6.07 Å². The second kappa shape index (κ2) is 5.13. The number of halogens is 4. The van der Waals surface area contributed by atoms with Gasteiger partial charge in [0.15, 0.2) is 17.5 Å². The molecule has 2 aromatic rings. The summed E-state index contributed by atoms with van der Waals surface area (Å²) in [4.78, 5) is 0. The predicted octanol–water partition coefficient (Wildman–Crippen LogP) is 3.01. The van der Waals surface area contributed by atoms with Gasteiger partial charge >= 0.3 is 0 Å². The highest BCUT2D eigenvalue weighted by Crippen LogP contribution is 2.30. The normalized spacial score (nSPS) is 12.7. The first-order chi connectivity index (χ1) is 8.54. The van der Waals surface area contributed by atoms with Crippen LogP contribution in [0.25, 0.3) is 0 Å². The maximum Gasteiger partial charge on any atom is 0.194 e. The molecule has 18 heavy (non-hydrogen) atoms. The summed E-state index contributed by atoms with van der Waals surface area (Å²) in [6, 6.07) is 2.53. The Bertz CT molecular complexity index is 550. The van der Waals surface area contributed by atoms with Gasteiger partial charge in [0.05, 0.1) is 10.7 Å². The van der Waals surface area contributed by atoms with Gasteiger partial charge in [0.1, 0.15) is 11.8 Å². The minimum atomic E-state index is -1.52. The van der Waals surface area contributed by atoms with Crippen molar-refractivity contribution in [3.63, 3.8) is 0 Å². The van der Waals surface area contributed by atoms with Crippen LogP contribution in [-0.2, 0) is 0 Å². The Balaban J connectivity index is 2.49. The number of benzene rings is 1.